The van der Waals surface area contributed by atoms with Gasteiger partial charge in [0, 0.05) is 30.9 Å². The molecule has 160 valence electrons. The number of methoxy groups -OCH3 is 1. The van der Waals surface area contributed by atoms with Gasteiger partial charge in [-0.05, 0) is 29.8 Å². The number of hydroxylamine groups is 1. The van der Waals surface area contributed by atoms with Gasteiger partial charge in [-0.1, -0.05) is 30.3 Å². The fourth-order valence-corrected chi connectivity index (χ4v) is 3.08. The van der Waals surface area contributed by atoms with Crippen LogP contribution in [0.2, 0.25) is 0 Å². The van der Waals surface area contributed by atoms with Gasteiger partial charge < -0.3 is 15.0 Å². The highest BCUT2D eigenvalue weighted by atomic mass is 16.5. The van der Waals surface area contributed by atoms with E-state index in [2.05, 4.69) is 10.3 Å². The molecule has 9 heteroatoms. The molecule has 0 fully saturated rings. The third-order valence-corrected chi connectivity index (χ3v) is 4.60. The van der Waals surface area contributed by atoms with Gasteiger partial charge in [-0.15, -0.1) is 0 Å². The number of hydrogen-bond donors (Lipinski definition) is 3. The molecule has 2 aromatic carbocycles. The van der Waals surface area contributed by atoms with Crippen molar-refractivity contribution in [2.45, 2.75) is 6.42 Å². The van der Waals surface area contributed by atoms with E-state index < -0.39 is 11.8 Å². The van der Waals surface area contributed by atoms with Crippen LogP contribution in [0.4, 0.5) is 11.4 Å². The Kier molecular flexibility index (Phi) is 7.26. The van der Waals surface area contributed by atoms with Crippen LogP contribution in [-0.4, -0.2) is 48.2 Å². The first-order chi connectivity index (χ1) is 15.0. The summed E-state index contributed by atoms with van der Waals surface area (Å²) in [6.07, 6.45) is 1.81. The van der Waals surface area contributed by atoms with Crippen LogP contribution in [0.25, 0.3) is 10.9 Å². The predicted molar refractivity (Wildman–Crippen MR) is 115 cm³/mol. The third kappa shape index (κ3) is 5.41. The third-order valence-electron chi connectivity index (χ3n) is 4.60. The number of nitrogens with zero attached hydrogens (tertiary/aromatic N) is 2. The number of anilines is 2. The number of carbonyl (C=O) groups is 3. The Hall–Kier alpha value is -3.82. The van der Waals surface area contributed by atoms with Crippen molar-refractivity contribution >= 4 is 40.0 Å². The van der Waals surface area contributed by atoms with E-state index in [4.69, 9.17) is 9.94 Å². The lowest BCUT2D eigenvalue weighted by Gasteiger charge is -2.24. The zero-order valence-corrected chi connectivity index (χ0v) is 16.9. The standard InChI is InChI=1S/C22H22N4O5/c1-31-13-12-26(18-6-2-4-16-5-3-11-23-20(16)18)19(27)14-15-7-9-17(10-8-15)24-21(28)22(29)25-30/h2-11,30H,12-14H2,1H3,(H,24,28)(H,25,29). The van der Waals surface area contributed by atoms with Crippen molar-refractivity contribution in [1.29, 1.82) is 0 Å². The number of benzene rings is 2. The highest BCUT2D eigenvalue weighted by Crippen LogP contribution is 2.25. The van der Waals surface area contributed by atoms with E-state index in [1.807, 2.05) is 30.3 Å². The summed E-state index contributed by atoms with van der Waals surface area (Å²) in [5, 5.41) is 11.8. The van der Waals surface area contributed by atoms with Crippen molar-refractivity contribution in [3.63, 3.8) is 0 Å². The van der Waals surface area contributed by atoms with E-state index in [1.165, 1.54) is 5.48 Å². The minimum atomic E-state index is -1.17. The average molecular weight is 422 g/mol. The molecule has 0 radical (unpaired) electrons. The molecule has 1 heterocycles. The molecule has 0 atom stereocenters. The molecule has 0 saturated heterocycles. The molecule has 31 heavy (non-hydrogen) atoms. The monoisotopic (exact) mass is 422 g/mol. The van der Waals surface area contributed by atoms with Gasteiger partial charge >= 0.3 is 11.8 Å². The summed E-state index contributed by atoms with van der Waals surface area (Å²) in [7, 11) is 1.58. The Morgan fingerprint density at radius 2 is 1.77 bits per heavy atom. The SMILES string of the molecule is COCCN(C(=O)Cc1ccc(NC(=O)C(=O)NO)cc1)c1cccc2cccnc12. The maximum Gasteiger partial charge on any atom is 0.332 e. The van der Waals surface area contributed by atoms with Gasteiger partial charge in [-0.3, -0.25) is 24.6 Å². The first-order valence-electron chi connectivity index (χ1n) is 9.51. The van der Waals surface area contributed by atoms with Crippen LogP contribution < -0.4 is 15.7 Å². The van der Waals surface area contributed by atoms with Crippen molar-refractivity contribution in [2.24, 2.45) is 0 Å². The molecule has 3 amide bonds. The van der Waals surface area contributed by atoms with Gasteiger partial charge in [0.05, 0.1) is 24.2 Å². The maximum atomic E-state index is 13.1. The summed E-state index contributed by atoms with van der Waals surface area (Å²) in [6, 6.07) is 16.0. The van der Waals surface area contributed by atoms with E-state index in [1.54, 1.807) is 42.5 Å². The number of hydrogen-bond acceptors (Lipinski definition) is 6. The first kappa shape index (κ1) is 21.9. The minimum Gasteiger partial charge on any atom is -0.383 e. The molecule has 0 bridgehead atoms. The Balaban J connectivity index is 1.78. The van der Waals surface area contributed by atoms with Crippen molar-refractivity contribution < 1.29 is 24.3 Å². The normalized spacial score (nSPS) is 10.5. The second-order valence-electron chi connectivity index (χ2n) is 6.66. The van der Waals surface area contributed by atoms with Gasteiger partial charge in [0.15, 0.2) is 0 Å². The number of para-hydroxylation sites is 1. The molecule has 0 aliphatic rings. The lowest BCUT2D eigenvalue weighted by atomic mass is 10.1. The number of nitrogens with one attached hydrogen (secondary N) is 2. The van der Waals surface area contributed by atoms with Gasteiger partial charge in [-0.25, -0.2) is 5.48 Å². The number of rotatable bonds is 7. The molecule has 0 spiro atoms. The fourth-order valence-electron chi connectivity index (χ4n) is 3.08. The number of ether oxygens (including phenoxy) is 1. The molecule has 1 aromatic heterocycles. The highest BCUT2D eigenvalue weighted by molar-refractivity contribution is 6.39. The van der Waals surface area contributed by atoms with Gasteiger partial charge in [0.25, 0.3) is 0 Å². The second kappa shape index (κ2) is 10.3. The molecule has 0 aliphatic heterocycles. The zero-order valence-electron chi connectivity index (χ0n) is 16.9. The molecular weight excluding hydrogens is 400 g/mol. The largest absolute Gasteiger partial charge is 0.383 e. The summed E-state index contributed by atoms with van der Waals surface area (Å²) >= 11 is 0. The van der Waals surface area contributed by atoms with E-state index in [0.29, 0.717) is 24.5 Å². The van der Waals surface area contributed by atoms with Crippen LogP contribution in [0.15, 0.2) is 60.8 Å². The molecule has 9 nitrogen and oxygen atoms in total. The molecule has 0 aliphatic carbocycles. The van der Waals surface area contributed by atoms with E-state index in [9.17, 15) is 14.4 Å². The zero-order chi connectivity index (χ0) is 22.2. The molecule has 3 rings (SSSR count). The molecule has 3 aromatic rings. The summed E-state index contributed by atoms with van der Waals surface area (Å²) in [6.45, 7) is 0.738. The van der Waals surface area contributed by atoms with Crippen LogP contribution >= 0.6 is 0 Å². The second-order valence-corrected chi connectivity index (χ2v) is 6.66. The van der Waals surface area contributed by atoms with E-state index >= 15 is 0 Å². The Bertz CT molecular complexity index is 1080. The van der Waals surface area contributed by atoms with Crippen molar-refractivity contribution in [3.05, 3.63) is 66.4 Å². The van der Waals surface area contributed by atoms with E-state index in [0.717, 1.165) is 16.5 Å². The van der Waals surface area contributed by atoms with Crippen LogP contribution in [0, 0.1) is 0 Å². The minimum absolute atomic E-state index is 0.123. The number of aromatic nitrogens is 1. The van der Waals surface area contributed by atoms with E-state index in [-0.39, 0.29) is 12.3 Å². The number of fused-ring (bicyclic) bond motifs is 1. The number of amides is 3. The molecule has 0 saturated carbocycles. The Labute approximate surface area is 178 Å². The summed E-state index contributed by atoms with van der Waals surface area (Å²) < 4.78 is 5.18. The lowest BCUT2D eigenvalue weighted by molar-refractivity contribution is -0.141. The van der Waals surface area contributed by atoms with Gasteiger partial charge in [0.2, 0.25) is 5.91 Å². The highest BCUT2D eigenvalue weighted by Gasteiger charge is 2.19. The molecular formula is C22H22N4O5. The quantitative estimate of drug-likeness (QED) is 0.304. The van der Waals surface area contributed by atoms with Crippen molar-refractivity contribution in [1.82, 2.24) is 10.5 Å². The number of pyridine rings is 1. The maximum absolute atomic E-state index is 13.1. The average Bonchev–Trinajstić information content (AvgIpc) is 2.80. The van der Waals surface area contributed by atoms with Crippen LogP contribution in [0.5, 0.6) is 0 Å². The summed E-state index contributed by atoms with van der Waals surface area (Å²) in [4.78, 5) is 41.8. The Morgan fingerprint density at radius 3 is 2.48 bits per heavy atom. The Morgan fingerprint density at radius 1 is 1.03 bits per heavy atom. The van der Waals surface area contributed by atoms with Gasteiger partial charge in [-0.2, -0.15) is 0 Å². The van der Waals surface area contributed by atoms with Crippen molar-refractivity contribution in [2.75, 3.05) is 30.5 Å². The van der Waals surface area contributed by atoms with Gasteiger partial charge in [0.1, 0.15) is 0 Å². The lowest BCUT2D eigenvalue weighted by Crippen LogP contribution is -2.35. The fraction of sp³-hybridized carbons (Fsp3) is 0.182. The number of carbonyl (C=O) groups excluding carboxylic acids is 3. The van der Waals surface area contributed by atoms with Crippen LogP contribution in [-0.2, 0) is 25.5 Å². The molecule has 0 unspecified atom stereocenters. The first-order valence-corrected chi connectivity index (χ1v) is 9.51. The van der Waals surface area contributed by atoms with Crippen LogP contribution in [0.1, 0.15) is 5.56 Å². The summed E-state index contributed by atoms with van der Waals surface area (Å²) in [5.74, 6) is -2.30. The van der Waals surface area contributed by atoms with Crippen LogP contribution in [0.3, 0.4) is 0 Å². The van der Waals surface area contributed by atoms with Crippen molar-refractivity contribution in [3.8, 4) is 0 Å². The molecule has 3 N–H and O–H groups in total. The topological polar surface area (TPSA) is 121 Å². The predicted octanol–water partition coefficient (Wildman–Crippen LogP) is 1.90. The summed E-state index contributed by atoms with van der Waals surface area (Å²) in [5.41, 5.74) is 3.79. The smallest absolute Gasteiger partial charge is 0.332 e.